The van der Waals surface area contributed by atoms with Gasteiger partial charge in [-0.15, -0.1) is 0 Å². The van der Waals surface area contributed by atoms with Crippen LogP contribution in [0.25, 0.3) is 0 Å². The van der Waals surface area contributed by atoms with Crippen LogP contribution in [0.1, 0.15) is 22.8 Å². The molecule has 136 valence electrons. The number of piperazine rings is 1. The van der Waals surface area contributed by atoms with Crippen LogP contribution in [-0.4, -0.2) is 72.4 Å². The normalized spacial score (nSPS) is 19.3. The van der Waals surface area contributed by atoms with Gasteiger partial charge < -0.3 is 9.80 Å². The number of carbonyl (C=O) groups is 1. The first-order valence-corrected chi connectivity index (χ1v) is 8.41. The van der Waals surface area contributed by atoms with E-state index in [1.165, 1.54) is 12.1 Å². The summed E-state index contributed by atoms with van der Waals surface area (Å²) in [6, 6.07) is 4.35. The van der Waals surface area contributed by atoms with E-state index >= 15 is 0 Å². The molecule has 0 N–H and O–H groups in total. The molecule has 1 aromatic rings. The van der Waals surface area contributed by atoms with Gasteiger partial charge in [-0.3, -0.25) is 14.7 Å². The van der Waals surface area contributed by atoms with E-state index in [0.717, 1.165) is 44.9 Å². The summed E-state index contributed by atoms with van der Waals surface area (Å²) in [6.07, 6.45) is -4.40. The lowest BCUT2D eigenvalue weighted by molar-refractivity contribution is -0.137. The predicted molar refractivity (Wildman–Crippen MR) is 88.5 cm³/mol. The minimum Gasteiger partial charge on any atom is -0.340 e. The average Bonchev–Trinajstić information content (AvgIpc) is 3.10. The topological polar surface area (TPSA) is 39.1 Å². The molecule has 0 aromatic heterocycles. The average molecular weight is 354 g/mol. The summed E-state index contributed by atoms with van der Waals surface area (Å²) in [5.74, 6) is 0.337. The van der Waals surface area contributed by atoms with E-state index in [1.54, 1.807) is 4.90 Å². The second-order valence-corrected chi connectivity index (χ2v) is 6.13. The molecule has 1 amide bonds. The molecule has 0 saturated carbocycles. The molecule has 0 aliphatic carbocycles. The number of rotatable bonds is 2. The van der Waals surface area contributed by atoms with E-state index in [2.05, 4.69) is 21.7 Å². The van der Waals surface area contributed by atoms with Crippen molar-refractivity contribution in [3.63, 3.8) is 0 Å². The molecule has 0 bridgehead atoms. The number of amides is 1. The maximum Gasteiger partial charge on any atom is 0.416 e. The summed E-state index contributed by atoms with van der Waals surface area (Å²) in [4.78, 5) is 23.1. The van der Waals surface area contributed by atoms with Crippen LogP contribution in [-0.2, 0) is 6.18 Å². The lowest BCUT2D eigenvalue weighted by atomic mass is 10.1. The van der Waals surface area contributed by atoms with Crippen molar-refractivity contribution in [2.45, 2.75) is 13.1 Å². The number of halogens is 3. The minimum atomic E-state index is -4.40. The standard InChI is InChI=1S/C17H21F3N4O/c1-2-22-9-11-23(12-10-22)16-21-7-8-24(16)15(25)13-3-5-14(6-4-13)17(18,19)20/h3-6H,2,7-12H2,1H3. The summed E-state index contributed by atoms with van der Waals surface area (Å²) >= 11 is 0. The first-order valence-electron chi connectivity index (χ1n) is 8.41. The molecule has 8 heteroatoms. The highest BCUT2D eigenvalue weighted by Crippen LogP contribution is 2.29. The lowest BCUT2D eigenvalue weighted by Crippen LogP contribution is -2.53. The fourth-order valence-corrected chi connectivity index (χ4v) is 3.12. The first kappa shape index (κ1) is 17.7. The van der Waals surface area contributed by atoms with Gasteiger partial charge in [0.25, 0.3) is 5.91 Å². The summed E-state index contributed by atoms with van der Waals surface area (Å²) in [7, 11) is 0. The Bertz CT molecular complexity index is 649. The van der Waals surface area contributed by atoms with Gasteiger partial charge in [-0.1, -0.05) is 6.92 Å². The van der Waals surface area contributed by atoms with Crippen molar-refractivity contribution in [3.8, 4) is 0 Å². The number of benzene rings is 1. The third-order valence-electron chi connectivity index (χ3n) is 4.62. The first-order chi connectivity index (χ1) is 11.9. The molecule has 0 unspecified atom stereocenters. The van der Waals surface area contributed by atoms with E-state index < -0.39 is 11.7 Å². The third kappa shape index (κ3) is 3.78. The molecular formula is C17H21F3N4O. The lowest BCUT2D eigenvalue weighted by Gasteiger charge is -2.37. The second-order valence-electron chi connectivity index (χ2n) is 6.13. The predicted octanol–water partition coefficient (Wildman–Crippen LogP) is 2.15. The van der Waals surface area contributed by atoms with E-state index in [1.807, 2.05) is 0 Å². The van der Waals surface area contributed by atoms with Gasteiger partial charge in [-0.25, -0.2) is 0 Å². The summed E-state index contributed by atoms with van der Waals surface area (Å²) < 4.78 is 38.0. The van der Waals surface area contributed by atoms with Crippen molar-refractivity contribution < 1.29 is 18.0 Å². The molecule has 2 aliphatic rings. The third-order valence-corrected chi connectivity index (χ3v) is 4.62. The summed E-state index contributed by atoms with van der Waals surface area (Å²) in [6.45, 7) is 7.51. The monoisotopic (exact) mass is 354 g/mol. The molecule has 3 rings (SSSR count). The zero-order chi connectivity index (χ0) is 18.0. The Hall–Kier alpha value is -2.09. The summed E-state index contributed by atoms with van der Waals surface area (Å²) in [5, 5.41) is 0. The van der Waals surface area contributed by atoms with Crippen LogP contribution in [0.5, 0.6) is 0 Å². The van der Waals surface area contributed by atoms with Crippen molar-refractivity contribution in [2.24, 2.45) is 4.99 Å². The molecule has 2 aliphatic heterocycles. The molecule has 5 nitrogen and oxygen atoms in total. The highest BCUT2D eigenvalue weighted by atomic mass is 19.4. The van der Waals surface area contributed by atoms with Crippen LogP contribution in [0.3, 0.4) is 0 Å². The Morgan fingerprint density at radius 1 is 1.08 bits per heavy atom. The molecule has 25 heavy (non-hydrogen) atoms. The van der Waals surface area contributed by atoms with Crippen LogP contribution in [0.2, 0.25) is 0 Å². The number of hydrogen-bond donors (Lipinski definition) is 0. The Morgan fingerprint density at radius 3 is 2.28 bits per heavy atom. The van der Waals surface area contributed by atoms with E-state index in [4.69, 9.17) is 0 Å². The van der Waals surface area contributed by atoms with Gasteiger partial charge in [-0.2, -0.15) is 13.2 Å². The van der Waals surface area contributed by atoms with Gasteiger partial charge in [-0.05, 0) is 30.8 Å². The number of guanidine groups is 1. The molecule has 0 atom stereocenters. The van der Waals surface area contributed by atoms with Gasteiger partial charge in [0.1, 0.15) is 0 Å². The van der Waals surface area contributed by atoms with Gasteiger partial charge in [0.15, 0.2) is 0 Å². The molecule has 2 heterocycles. The zero-order valence-corrected chi connectivity index (χ0v) is 14.1. The Kier molecular flexibility index (Phi) is 4.99. The molecule has 1 fully saturated rings. The SMILES string of the molecule is CCN1CCN(C2=NCCN2C(=O)c2ccc(C(F)(F)F)cc2)CC1. The number of nitrogens with zero attached hydrogens (tertiary/aromatic N) is 4. The van der Waals surface area contributed by atoms with Crippen LogP contribution >= 0.6 is 0 Å². The van der Waals surface area contributed by atoms with Crippen LogP contribution in [0.15, 0.2) is 29.3 Å². The largest absolute Gasteiger partial charge is 0.416 e. The molecule has 1 aromatic carbocycles. The van der Waals surface area contributed by atoms with E-state index in [0.29, 0.717) is 19.0 Å². The van der Waals surface area contributed by atoms with Crippen molar-refractivity contribution in [1.29, 1.82) is 0 Å². The second kappa shape index (κ2) is 7.03. The Morgan fingerprint density at radius 2 is 1.72 bits per heavy atom. The van der Waals surface area contributed by atoms with Gasteiger partial charge >= 0.3 is 6.18 Å². The van der Waals surface area contributed by atoms with Crippen molar-refractivity contribution in [3.05, 3.63) is 35.4 Å². The van der Waals surface area contributed by atoms with Gasteiger partial charge in [0.05, 0.1) is 12.1 Å². The quantitative estimate of drug-likeness (QED) is 0.817. The summed E-state index contributed by atoms with van der Waals surface area (Å²) in [5.41, 5.74) is -0.509. The number of carbonyl (C=O) groups excluding carboxylic acids is 1. The molecule has 0 spiro atoms. The molecular weight excluding hydrogens is 333 g/mol. The van der Waals surface area contributed by atoms with Crippen LogP contribution in [0, 0.1) is 0 Å². The maximum atomic E-state index is 12.7. The van der Waals surface area contributed by atoms with Crippen molar-refractivity contribution in [2.75, 3.05) is 45.8 Å². The number of alkyl halides is 3. The zero-order valence-electron chi connectivity index (χ0n) is 14.1. The number of likely N-dealkylation sites (N-methyl/N-ethyl adjacent to an activating group) is 1. The van der Waals surface area contributed by atoms with E-state index in [-0.39, 0.29) is 11.5 Å². The van der Waals surface area contributed by atoms with Crippen molar-refractivity contribution >= 4 is 11.9 Å². The maximum absolute atomic E-state index is 12.7. The highest BCUT2D eigenvalue weighted by Gasteiger charge is 2.32. The van der Waals surface area contributed by atoms with E-state index in [9.17, 15) is 18.0 Å². The number of aliphatic imine (C=N–C) groups is 1. The highest BCUT2D eigenvalue weighted by molar-refractivity contribution is 6.06. The fourth-order valence-electron chi connectivity index (χ4n) is 3.12. The van der Waals surface area contributed by atoms with Crippen LogP contribution in [0.4, 0.5) is 13.2 Å². The Balaban J connectivity index is 1.70. The van der Waals surface area contributed by atoms with Crippen LogP contribution < -0.4 is 0 Å². The fraction of sp³-hybridized carbons (Fsp3) is 0.529. The van der Waals surface area contributed by atoms with Gasteiger partial charge in [0.2, 0.25) is 5.96 Å². The van der Waals surface area contributed by atoms with Crippen molar-refractivity contribution in [1.82, 2.24) is 14.7 Å². The number of hydrogen-bond acceptors (Lipinski definition) is 4. The smallest absolute Gasteiger partial charge is 0.340 e. The molecule has 0 radical (unpaired) electrons. The Labute approximate surface area is 144 Å². The van der Waals surface area contributed by atoms with Gasteiger partial charge in [0, 0.05) is 38.3 Å². The molecule has 1 saturated heterocycles. The minimum absolute atomic E-state index is 0.245.